The molecule has 0 bridgehead atoms. The van der Waals surface area contributed by atoms with Crippen molar-refractivity contribution in [1.29, 1.82) is 0 Å². The van der Waals surface area contributed by atoms with Crippen LogP contribution in [0.5, 0.6) is 5.88 Å². The minimum Gasteiger partial charge on any atom is -0.475 e. The molecule has 0 aliphatic heterocycles. The summed E-state index contributed by atoms with van der Waals surface area (Å²) in [5.74, 6) is 1.38. The molecule has 0 saturated heterocycles. The summed E-state index contributed by atoms with van der Waals surface area (Å²) < 4.78 is 10.7. The van der Waals surface area contributed by atoms with Crippen LogP contribution in [0.4, 0.5) is 0 Å². The van der Waals surface area contributed by atoms with Gasteiger partial charge < -0.3 is 20.1 Å². The van der Waals surface area contributed by atoms with Crippen LogP contribution in [0.1, 0.15) is 30.5 Å². The van der Waals surface area contributed by atoms with Crippen molar-refractivity contribution in [2.75, 3.05) is 26.9 Å². The highest BCUT2D eigenvalue weighted by atomic mass is 127. The van der Waals surface area contributed by atoms with E-state index in [1.165, 1.54) is 11.1 Å². The van der Waals surface area contributed by atoms with Crippen LogP contribution in [0.3, 0.4) is 0 Å². The summed E-state index contributed by atoms with van der Waals surface area (Å²) >= 11 is 0. The van der Waals surface area contributed by atoms with E-state index < -0.39 is 0 Å². The molecular weight excluding hydrogens is 467 g/mol. The normalized spacial score (nSPS) is 10.9. The van der Waals surface area contributed by atoms with Crippen LogP contribution in [0.2, 0.25) is 0 Å². The maximum absolute atomic E-state index is 5.68. The fraction of sp³-hybridized carbons (Fsp3) is 0.429. The van der Waals surface area contributed by atoms with Gasteiger partial charge in [-0.25, -0.2) is 9.98 Å². The first kappa shape index (κ1) is 24.2. The van der Waals surface area contributed by atoms with E-state index in [0.717, 1.165) is 31.0 Å². The van der Waals surface area contributed by atoms with Crippen molar-refractivity contribution in [3.05, 3.63) is 59.3 Å². The van der Waals surface area contributed by atoms with Gasteiger partial charge in [-0.1, -0.05) is 37.3 Å². The number of benzene rings is 1. The molecule has 2 N–H and O–H groups in total. The molecule has 0 atom stereocenters. The quantitative estimate of drug-likeness (QED) is 0.227. The third kappa shape index (κ3) is 8.02. The van der Waals surface area contributed by atoms with Crippen molar-refractivity contribution in [3.8, 4) is 5.88 Å². The number of aryl methyl sites for hydroxylation is 1. The van der Waals surface area contributed by atoms with Crippen LogP contribution in [-0.4, -0.2) is 37.8 Å². The Balaban J connectivity index is 0.00000392. The summed E-state index contributed by atoms with van der Waals surface area (Å²) in [7, 11) is 1.65. The molecular formula is C21H31IN4O2. The summed E-state index contributed by atoms with van der Waals surface area (Å²) in [5.41, 5.74) is 3.58. The largest absolute Gasteiger partial charge is 0.475 e. The van der Waals surface area contributed by atoms with Crippen molar-refractivity contribution in [2.24, 2.45) is 4.99 Å². The third-order valence-electron chi connectivity index (χ3n) is 4.07. The maximum Gasteiger partial charge on any atom is 0.218 e. The molecule has 1 aromatic carbocycles. The molecule has 0 saturated carbocycles. The van der Waals surface area contributed by atoms with Crippen LogP contribution < -0.4 is 15.4 Å². The zero-order valence-electron chi connectivity index (χ0n) is 16.9. The van der Waals surface area contributed by atoms with E-state index in [0.29, 0.717) is 25.6 Å². The van der Waals surface area contributed by atoms with E-state index >= 15 is 0 Å². The molecule has 1 heterocycles. The van der Waals surface area contributed by atoms with Gasteiger partial charge in [-0.3, -0.25) is 0 Å². The van der Waals surface area contributed by atoms with E-state index in [-0.39, 0.29) is 24.0 Å². The van der Waals surface area contributed by atoms with Gasteiger partial charge in [0.2, 0.25) is 5.88 Å². The minimum atomic E-state index is 0. The number of hydrogen-bond acceptors (Lipinski definition) is 4. The summed E-state index contributed by atoms with van der Waals surface area (Å²) in [6, 6.07) is 12.3. The molecule has 7 heteroatoms. The fourth-order valence-corrected chi connectivity index (χ4v) is 2.66. The summed E-state index contributed by atoms with van der Waals surface area (Å²) in [4.78, 5) is 8.99. The molecule has 154 valence electrons. The van der Waals surface area contributed by atoms with Gasteiger partial charge in [0.15, 0.2) is 5.96 Å². The monoisotopic (exact) mass is 498 g/mol. The predicted molar refractivity (Wildman–Crippen MR) is 124 cm³/mol. The number of rotatable bonds is 10. The highest BCUT2D eigenvalue weighted by molar-refractivity contribution is 14.0. The van der Waals surface area contributed by atoms with Crippen LogP contribution in [0.25, 0.3) is 0 Å². The highest BCUT2D eigenvalue weighted by Crippen LogP contribution is 2.15. The second-order valence-electron chi connectivity index (χ2n) is 5.98. The van der Waals surface area contributed by atoms with Crippen molar-refractivity contribution in [3.63, 3.8) is 0 Å². The number of aliphatic imine (C=N–C) groups is 1. The van der Waals surface area contributed by atoms with Gasteiger partial charge in [-0.05, 0) is 30.5 Å². The second kappa shape index (κ2) is 14.2. The zero-order valence-corrected chi connectivity index (χ0v) is 19.2. The standard InChI is InChI=1S/C21H30N4O2.HI/c1-4-17-9-6-7-10-18(17)15-24-21(22-5-2)25-16-19-11-8-12-23-20(19)27-14-13-26-3;/h6-12H,4-5,13-16H2,1-3H3,(H2,22,24,25);1H. The van der Waals surface area contributed by atoms with E-state index in [1.54, 1.807) is 13.3 Å². The Kier molecular flexibility index (Phi) is 12.2. The van der Waals surface area contributed by atoms with Gasteiger partial charge in [0, 0.05) is 32.0 Å². The molecule has 0 fully saturated rings. The average Bonchev–Trinajstić information content (AvgIpc) is 2.71. The summed E-state index contributed by atoms with van der Waals surface area (Å²) in [6.07, 6.45) is 2.74. The molecule has 0 spiro atoms. The minimum absolute atomic E-state index is 0. The summed E-state index contributed by atoms with van der Waals surface area (Å²) in [5, 5.41) is 6.70. The van der Waals surface area contributed by atoms with Crippen LogP contribution in [-0.2, 0) is 24.2 Å². The van der Waals surface area contributed by atoms with E-state index in [2.05, 4.69) is 58.7 Å². The molecule has 6 nitrogen and oxygen atoms in total. The Hall–Kier alpha value is -1.87. The van der Waals surface area contributed by atoms with Crippen LogP contribution in [0, 0.1) is 0 Å². The second-order valence-corrected chi connectivity index (χ2v) is 5.98. The van der Waals surface area contributed by atoms with Crippen molar-refractivity contribution in [1.82, 2.24) is 15.6 Å². The third-order valence-corrected chi connectivity index (χ3v) is 4.07. The van der Waals surface area contributed by atoms with Crippen LogP contribution in [0.15, 0.2) is 47.6 Å². The van der Waals surface area contributed by atoms with Crippen LogP contribution >= 0.6 is 24.0 Å². The van der Waals surface area contributed by atoms with Gasteiger partial charge in [0.1, 0.15) is 6.61 Å². The average molecular weight is 498 g/mol. The van der Waals surface area contributed by atoms with Gasteiger partial charge in [-0.15, -0.1) is 24.0 Å². The molecule has 2 rings (SSSR count). The van der Waals surface area contributed by atoms with E-state index in [9.17, 15) is 0 Å². The van der Waals surface area contributed by atoms with Crippen molar-refractivity contribution in [2.45, 2.75) is 33.4 Å². The number of aromatic nitrogens is 1. The van der Waals surface area contributed by atoms with Gasteiger partial charge in [0.05, 0.1) is 13.2 Å². The van der Waals surface area contributed by atoms with Gasteiger partial charge in [0.25, 0.3) is 0 Å². The first-order valence-corrected chi connectivity index (χ1v) is 9.43. The SMILES string of the molecule is CCNC(=NCc1cccnc1OCCOC)NCc1ccccc1CC.I. The zero-order chi connectivity index (χ0) is 19.3. The molecule has 0 aliphatic rings. The molecule has 0 aliphatic carbocycles. The van der Waals surface area contributed by atoms with Crippen molar-refractivity contribution >= 4 is 29.9 Å². The number of pyridine rings is 1. The number of hydrogen-bond donors (Lipinski definition) is 2. The Morgan fingerprint density at radius 2 is 1.75 bits per heavy atom. The Labute approximate surface area is 185 Å². The smallest absolute Gasteiger partial charge is 0.218 e. The topological polar surface area (TPSA) is 67.8 Å². The lowest BCUT2D eigenvalue weighted by molar-refractivity contribution is 0.143. The molecule has 0 amide bonds. The van der Waals surface area contributed by atoms with E-state index in [4.69, 9.17) is 9.47 Å². The number of methoxy groups -OCH3 is 1. The molecule has 0 radical (unpaired) electrons. The predicted octanol–water partition coefficient (Wildman–Crippen LogP) is 3.54. The first-order valence-electron chi connectivity index (χ1n) is 9.43. The van der Waals surface area contributed by atoms with Gasteiger partial charge >= 0.3 is 0 Å². The molecule has 0 unspecified atom stereocenters. The summed E-state index contributed by atoms with van der Waals surface area (Å²) in [6.45, 7) is 7.25. The number of nitrogens with zero attached hydrogens (tertiary/aromatic N) is 2. The Morgan fingerprint density at radius 3 is 2.46 bits per heavy atom. The maximum atomic E-state index is 5.68. The molecule has 1 aromatic heterocycles. The fourth-order valence-electron chi connectivity index (χ4n) is 2.66. The number of halogens is 1. The van der Waals surface area contributed by atoms with E-state index in [1.807, 2.05) is 12.1 Å². The molecule has 28 heavy (non-hydrogen) atoms. The van der Waals surface area contributed by atoms with Crippen molar-refractivity contribution < 1.29 is 9.47 Å². The molecule has 2 aromatic rings. The lowest BCUT2D eigenvalue weighted by Gasteiger charge is -2.14. The number of nitrogens with one attached hydrogen (secondary N) is 2. The highest BCUT2D eigenvalue weighted by Gasteiger charge is 2.06. The Morgan fingerprint density at radius 1 is 1.00 bits per heavy atom. The Bertz CT molecular complexity index is 725. The number of guanidine groups is 1. The van der Waals surface area contributed by atoms with Gasteiger partial charge in [-0.2, -0.15) is 0 Å². The first-order chi connectivity index (χ1) is 13.3. The lowest BCUT2D eigenvalue weighted by Crippen LogP contribution is -2.37. The lowest BCUT2D eigenvalue weighted by atomic mass is 10.1. The number of ether oxygens (including phenoxy) is 2.